The van der Waals surface area contributed by atoms with Gasteiger partial charge in [-0.3, -0.25) is 0 Å². The van der Waals surface area contributed by atoms with E-state index in [1.165, 1.54) is 117 Å². The van der Waals surface area contributed by atoms with Gasteiger partial charge < -0.3 is 0 Å². The van der Waals surface area contributed by atoms with Crippen LogP contribution in [0, 0.1) is 0 Å². The minimum absolute atomic E-state index is 1.24. The van der Waals surface area contributed by atoms with E-state index in [0.717, 1.165) is 0 Å². The Bertz CT molecular complexity index is 3230. The van der Waals surface area contributed by atoms with Crippen LogP contribution in [-0.2, 0) is 0 Å². The highest BCUT2D eigenvalue weighted by Gasteiger charge is 2.14. The van der Waals surface area contributed by atoms with Gasteiger partial charge in [0.05, 0.1) is 0 Å². The van der Waals surface area contributed by atoms with E-state index in [0.29, 0.717) is 0 Å². The van der Waals surface area contributed by atoms with Crippen LogP contribution in [0.25, 0.3) is 117 Å². The Kier molecular flexibility index (Phi) is 8.05. The van der Waals surface area contributed by atoms with E-state index in [4.69, 9.17) is 0 Å². The summed E-state index contributed by atoms with van der Waals surface area (Å²) in [5, 5.41) is 12.5. The second-order valence-electron chi connectivity index (χ2n) is 14.9. The Morgan fingerprint density at radius 2 is 0.621 bits per heavy atom. The Morgan fingerprint density at radius 1 is 0.276 bits per heavy atom. The Hall–Kier alpha value is -6.14. The predicted molar refractivity (Wildman–Crippen MR) is 258 cm³/mol. The molecule has 0 aliphatic carbocycles. The third kappa shape index (κ3) is 5.75. The first-order chi connectivity index (χ1) is 28.7. The summed E-state index contributed by atoms with van der Waals surface area (Å²) in [5.74, 6) is 0. The van der Waals surface area contributed by atoms with Crippen LogP contribution >= 0.6 is 45.3 Å². The van der Waals surface area contributed by atoms with Crippen LogP contribution in [-0.4, -0.2) is 0 Å². The normalized spacial score (nSPS) is 11.8. The predicted octanol–water partition coefficient (Wildman–Crippen LogP) is 17.7. The Balaban J connectivity index is 0.797. The molecule has 0 aliphatic heterocycles. The summed E-state index contributed by atoms with van der Waals surface area (Å²) >= 11 is 7.43. The number of rotatable bonds is 6. The summed E-state index contributed by atoms with van der Waals surface area (Å²) in [6.07, 6.45) is 0. The lowest BCUT2D eigenvalue weighted by atomic mass is 9.99. The van der Waals surface area contributed by atoms with Crippen LogP contribution in [0.3, 0.4) is 0 Å². The molecule has 0 nitrogen and oxygen atoms in total. The first-order valence-corrected chi connectivity index (χ1v) is 22.8. The second-order valence-corrected chi connectivity index (χ2v) is 18.8. The fraction of sp³-hybridized carbons (Fsp3) is 0. The molecule has 4 heteroatoms. The highest BCUT2D eigenvalue weighted by Crippen LogP contribution is 2.44. The number of hydrogen-bond donors (Lipinski definition) is 0. The van der Waals surface area contributed by atoms with Crippen molar-refractivity contribution in [3.8, 4) is 65.4 Å². The van der Waals surface area contributed by atoms with Crippen molar-refractivity contribution >= 4 is 96.5 Å². The molecule has 0 bridgehead atoms. The monoisotopic (exact) mass is 808 g/mol. The molecule has 4 aromatic heterocycles. The van der Waals surface area contributed by atoms with Crippen molar-refractivity contribution in [2.75, 3.05) is 0 Å². The van der Waals surface area contributed by atoms with Crippen molar-refractivity contribution in [3.05, 3.63) is 193 Å². The topological polar surface area (TPSA) is 0 Å². The van der Waals surface area contributed by atoms with Crippen molar-refractivity contribution < 1.29 is 0 Å². The van der Waals surface area contributed by atoms with Crippen LogP contribution in [0.15, 0.2) is 193 Å². The quantitative estimate of drug-likeness (QED) is 0.157. The largest absolute Gasteiger partial charge is 0.143 e. The molecular formula is C54H32S4. The molecule has 0 N–H and O–H groups in total. The fourth-order valence-electron chi connectivity index (χ4n) is 8.43. The minimum Gasteiger partial charge on any atom is -0.143 e. The minimum atomic E-state index is 1.24. The van der Waals surface area contributed by atoms with Gasteiger partial charge in [-0.05, 0) is 90.3 Å². The van der Waals surface area contributed by atoms with Crippen LogP contribution in [0.5, 0.6) is 0 Å². The third-order valence-corrected chi connectivity index (χ3v) is 15.9. The lowest BCUT2D eigenvalue weighted by Crippen LogP contribution is -1.80. The summed E-state index contributed by atoms with van der Waals surface area (Å²) in [6, 6.07) is 67.5. The number of hydrogen-bond acceptors (Lipinski definition) is 4. The molecule has 272 valence electrons. The van der Waals surface area contributed by atoms with Crippen molar-refractivity contribution in [1.82, 2.24) is 0 Å². The molecule has 8 aromatic carbocycles. The average molecular weight is 809 g/mol. The van der Waals surface area contributed by atoms with Gasteiger partial charge in [-0.1, -0.05) is 158 Å². The van der Waals surface area contributed by atoms with Gasteiger partial charge >= 0.3 is 0 Å². The molecule has 58 heavy (non-hydrogen) atoms. The summed E-state index contributed by atoms with van der Waals surface area (Å²) in [6.45, 7) is 0. The van der Waals surface area contributed by atoms with Crippen LogP contribution in [0.4, 0.5) is 0 Å². The molecule has 0 saturated carbocycles. The molecular weight excluding hydrogens is 777 g/mol. The number of benzene rings is 8. The van der Waals surface area contributed by atoms with E-state index in [1.807, 2.05) is 45.3 Å². The first kappa shape index (κ1) is 33.9. The van der Waals surface area contributed by atoms with Crippen LogP contribution in [0.2, 0.25) is 0 Å². The summed E-state index contributed by atoms with van der Waals surface area (Å²) in [4.78, 5) is 2.60. The van der Waals surface area contributed by atoms with Gasteiger partial charge in [0.15, 0.2) is 0 Å². The van der Waals surface area contributed by atoms with E-state index < -0.39 is 0 Å². The molecule has 0 spiro atoms. The summed E-state index contributed by atoms with van der Waals surface area (Å²) < 4.78 is 5.37. The Morgan fingerprint density at radius 3 is 1.02 bits per heavy atom. The SMILES string of the molecule is c1ccc2c(-c3ccc(-c4ccc(-c5cc6ccc7c(ccc8cc(-c9ccc(-c%10ccc(-c%11csc%12ccccc%11%12)cc%10)cc9)sc87)c6s5)cc4)cc3)csc2c1. The van der Waals surface area contributed by atoms with E-state index in [2.05, 4.69) is 193 Å². The lowest BCUT2D eigenvalue weighted by molar-refractivity contribution is 1.61. The first-order valence-electron chi connectivity index (χ1n) is 19.4. The highest BCUT2D eigenvalue weighted by atomic mass is 32.1. The van der Waals surface area contributed by atoms with Crippen LogP contribution < -0.4 is 0 Å². The smallest absolute Gasteiger partial charge is 0.0428 e. The van der Waals surface area contributed by atoms with Crippen molar-refractivity contribution in [2.45, 2.75) is 0 Å². The summed E-state index contributed by atoms with van der Waals surface area (Å²) in [7, 11) is 0. The maximum Gasteiger partial charge on any atom is 0.0428 e. The molecule has 0 aliphatic rings. The van der Waals surface area contributed by atoms with Gasteiger partial charge in [0, 0.05) is 61.2 Å². The van der Waals surface area contributed by atoms with Gasteiger partial charge in [-0.25, -0.2) is 0 Å². The summed E-state index contributed by atoms with van der Waals surface area (Å²) in [5.41, 5.74) is 12.6. The van der Waals surface area contributed by atoms with Gasteiger partial charge in [0.2, 0.25) is 0 Å². The molecule has 0 radical (unpaired) electrons. The molecule has 0 amide bonds. The second kappa shape index (κ2) is 13.8. The maximum absolute atomic E-state index is 2.36. The number of fused-ring (bicyclic) bond motifs is 7. The van der Waals surface area contributed by atoms with Gasteiger partial charge in [0.25, 0.3) is 0 Å². The Labute approximate surface area is 352 Å². The van der Waals surface area contributed by atoms with Gasteiger partial charge in [-0.2, -0.15) is 0 Å². The zero-order chi connectivity index (χ0) is 38.2. The van der Waals surface area contributed by atoms with Gasteiger partial charge in [-0.15, -0.1) is 45.3 Å². The average Bonchev–Trinajstić information content (AvgIpc) is 4.11. The van der Waals surface area contributed by atoms with E-state index in [9.17, 15) is 0 Å². The molecule has 12 aromatic rings. The number of thiophene rings is 4. The zero-order valence-electron chi connectivity index (χ0n) is 31.1. The molecule has 0 saturated heterocycles. The van der Waals surface area contributed by atoms with E-state index in [-0.39, 0.29) is 0 Å². The molecule has 0 fully saturated rings. The fourth-order valence-corrected chi connectivity index (χ4v) is 12.8. The molecule has 12 rings (SSSR count). The van der Waals surface area contributed by atoms with Gasteiger partial charge in [0.1, 0.15) is 0 Å². The van der Waals surface area contributed by atoms with Crippen molar-refractivity contribution in [2.24, 2.45) is 0 Å². The molecule has 0 atom stereocenters. The van der Waals surface area contributed by atoms with Crippen molar-refractivity contribution in [1.29, 1.82) is 0 Å². The molecule has 0 unspecified atom stereocenters. The lowest BCUT2D eigenvalue weighted by Gasteiger charge is -2.06. The highest BCUT2D eigenvalue weighted by molar-refractivity contribution is 7.24. The maximum atomic E-state index is 2.36. The molecule has 4 heterocycles. The van der Waals surface area contributed by atoms with Crippen molar-refractivity contribution in [3.63, 3.8) is 0 Å². The van der Waals surface area contributed by atoms with E-state index in [1.54, 1.807) is 0 Å². The zero-order valence-corrected chi connectivity index (χ0v) is 34.4. The van der Waals surface area contributed by atoms with Crippen LogP contribution in [0.1, 0.15) is 0 Å². The standard InChI is InChI=1S/C54H32S4/c1-3-7-49-43(5-1)47(31-55-49)37-17-9-33(10-18-37)35-13-21-39(22-14-35)51-29-41-25-27-46-45(53(41)57-51)28-26-42-30-52(58-54(42)46)40-23-15-36(16-24-40)34-11-19-38(20-12-34)48-32-56-50-8-4-2-6-44(48)50/h1-32H. The van der Waals surface area contributed by atoms with E-state index >= 15 is 0 Å². The third-order valence-electron chi connectivity index (χ3n) is 11.5.